The molecule has 2 atom stereocenters. The molecule has 1 aromatic heterocycles. The molecule has 3 nitrogen and oxygen atoms in total. The fourth-order valence-corrected chi connectivity index (χ4v) is 3.43. The van der Waals surface area contributed by atoms with E-state index in [2.05, 4.69) is 12.0 Å². The third kappa shape index (κ3) is 2.92. The normalized spacial score (nSPS) is 22.1. The van der Waals surface area contributed by atoms with Crippen molar-refractivity contribution in [2.75, 3.05) is 0 Å². The molecule has 3 heteroatoms. The summed E-state index contributed by atoms with van der Waals surface area (Å²) in [4.78, 5) is 12.8. The van der Waals surface area contributed by atoms with Crippen molar-refractivity contribution in [1.29, 1.82) is 0 Å². The van der Waals surface area contributed by atoms with Gasteiger partial charge in [0.2, 0.25) is 0 Å². The SMILES string of the molecule is CCC1CCCCC1C(=O)c1cnn(-c2ccccc2)c1. The lowest BCUT2D eigenvalue weighted by Gasteiger charge is -2.29. The van der Waals surface area contributed by atoms with Crippen molar-refractivity contribution in [1.82, 2.24) is 9.78 Å². The number of hydrogen-bond donors (Lipinski definition) is 0. The molecule has 1 aliphatic rings. The molecule has 0 amide bonds. The monoisotopic (exact) mass is 282 g/mol. The molecule has 2 unspecified atom stereocenters. The minimum atomic E-state index is 0.192. The van der Waals surface area contributed by atoms with Gasteiger partial charge in [-0.25, -0.2) is 4.68 Å². The van der Waals surface area contributed by atoms with Gasteiger partial charge in [0.05, 0.1) is 17.4 Å². The van der Waals surface area contributed by atoms with Crippen LogP contribution in [0.25, 0.3) is 5.69 Å². The van der Waals surface area contributed by atoms with Crippen LogP contribution in [0.1, 0.15) is 49.4 Å². The van der Waals surface area contributed by atoms with Gasteiger partial charge in [-0.05, 0) is 30.9 Å². The highest BCUT2D eigenvalue weighted by atomic mass is 16.1. The standard InChI is InChI=1S/C18H22N2O/c1-2-14-8-6-7-11-17(14)18(21)15-12-19-20(13-15)16-9-4-3-5-10-16/h3-5,9-10,12-14,17H,2,6-8,11H2,1H3. The van der Waals surface area contributed by atoms with Crippen molar-refractivity contribution in [2.45, 2.75) is 39.0 Å². The van der Waals surface area contributed by atoms with Crippen LogP contribution in [0.4, 0.5) is 0 Å². The minimum absolute atomic E-state index is 0.192. The zero-order chi connectivity index (χ0) is 14.7. The number of hydrogen-bond acceptors (Lipinski definition) is 2. The van der Waals surface area contributed by atoms with E-state index in [9.17, 15) is 4.79 Å². The van der Waals surface area contributed by atoms with Gasteiger partial charge in [-0.3, -0.25) is 4.79 Å². The van der Waals surface area contributed by atoms with Gasteiger partial charge in [0.15, 0.2) is 5.78 Å². The molecule has 1 fully saturated rings. The number of rotatable bonds is 4. The summed E-state index contributed by atoms with van der Waals surface area (Å²) in [6, 6.07) is 9.93. The molecule has 21 heavy (non-hydrogen) atoms. The first-order valence-corrected chi connectivity index (χ1v) is 7.94. The van der Waals surface area contributed by atoms with Gasteiger partial charge in [0.25, 0.3) is 0 Å². The first kappa shape index (κ1) is 14.1. The van der Waals surface area contributed by atoms with Crippen molar-refractivity contribution < 1.29 is 4.79 Å². The highest BCUT2D eigenvalue weighted by Gasteiger charge is 2.30. The second kappa shape index (κ2) is 6.25. The molecule has 0 N–H and O–H groups in total. The maximum atomic E-state index is 12.8. The van der Waals surface area contributed by atoms with E-state index in [1.807, 2.05) is 36.5 Å². The first-order chi connectivity index (χ1) is 10.3. The van der Waals surface area contributed by atoms with Crippen LogP contribution < -0.4 is 0 Å². The summed E-state index contributed by atoms with van der Waals surface area (Å²) in [6.45, 7) is 2.20. The van der Waals surface area contributed by atoms with Gasteiger partial charge < -0.3 is 0 Å². The number of carbonyl (C=O) groups is 1. The largest absolute Gasteiger partial charge is 0.294 e. The molecule has 0 radical (unpaired) electrons. The summed E-state index contributed by atoms with van der Waals surface area (Å²) < 4.78 is 1.79. The molecular formula is C18H22N2O. The number of carbonyl (C=O) groups excluding carboxylic acids is 1. The van der Waals surface area contributed by atoms with E-state index in [1.54, 1.807) is 10.9 Å². The lowest BCUT2D eigenvalue weighted by Crippen LogP contribution is -2.26. The summed E-state index contributed by atoms with van der Waals surface area (Å²) in [5.41, 5.74) is 1.75. The highest BCUT2D eigenvalue weighted by Crippen LogP contribution is 2.34. The van der Waals surface area contributed by atoms with Gasteiger partial charge in [-0.2, -0.15) is 5.10 Å². The van der Waals surface area contributed by atoms with E-state index in [0.29, 0.717) is 5.92 Å². The molecular weight excluding hydrogens is 260 g/mol. The number of ketones is 1. The third-order valence-corrected chi connectivity index (χ3v) is 4.66. The average Bonchev–Trinajstić information content (AvgIpc) is 3.05. The van der Waals surface area contributed by atoms with E-state index in [0.717, 1.165) is 24.1 Å². The Morgan fingerprint density at radius 2 is 2.00 bits per heavy atom. The van der Waals surface area contributed by atoms with Crippen LogP contribution in [0.15, 0.2) is 42.7 Å². The quantitative estimate of drug-likeness (QED) is 0.785. The van der Waals surface area contributed by atoms with Crippen LogP contribution in [-0.4, -0.2) is 15.6 Å². The van der Waals surface area contributed by atoms with Crippen LogP contribution >= 0.6 is 0 Å². The Bertz CT molecular complexity index is 603. The van der Waals surface area contributed by atoms with E-state index in [4.69, 9.17) is 0 Å². The summed E-state index contributed by atoms with van der Waals surface area (Å²) in [6.07, 6.45) is 9.37. The molecule has 0 spiro atoms. The van der Waals surface area contributed by atoms with Crippen molar-refractivity contribution in [3.05, 3.63) is 48.3 Å². The van der Waals surface area contributed by atoms with Gasteiger partial charge in [0.1, 0.15) is 0 Å². The maximum Gasteiger partial charge on any atom is 0.169 e. The van der Waals surface area contributed by atoms with E-state index < -0.39 is 0 Å². The number of para-hydroxylation sites is 1. The Hall–Kier alpha value is -1.90. The maximum absolute atomic E-state index is 12.8. The van der Waals surface area contributed by atoms with Gasteiger partial charge in [0, 0.05) is 12.1 Å². The molecule has 3 rings (SSSR count). The second-order valence-electron chi connectivity index (χ2n) is 5.93. The van der Waals surface area contributed by atoms with Crippen LogP contribution in [-0.2, 0) is 0 Å². The molecule has 0 saturated heterocycles. The van der Waals surface area contributed by atoms with Crippen LogP contribution in [0.3, 0.4) is 0 Å². The Labute approximate surface area is 126 Å². The molecule has 1 aromatic carbocycles. The van der Waals surface area contributed by atoms with Gasteiger partial charge >= 0.3 is 0 Å². The first-order valence-electron chi connectivity index (χ1n) is 7.94. The summed E-state index contributed by atoms with van der Waals surface area (Å²) in [5.74, 6) is 1.02. The van der Waals surface area contributed by atoms with Crippen LogP contribution in [0.2, 0.25) is 0 Å². The van der Waals surface area contributed by atoms with Gasteiger partial charge in [-0.15, -0.1) is 0 Å². The van der Waals surface area contributed by atoms with Gasteiger partial charge in [-0.1, -0.05) is 44.4 Å². The lowest BCUT2D eigenvalue weighted by atomic mass is 9.74. The molecule has 0 bridgehead atoms. The number of aromatic nitrogens is 2. The zero-order valence-corrected chi connectivity index (χ0v) is 12.5. The van der Waals surface area contributed by atoms with Crippen LogP contribution in [0, 0.1) is 11.8 Å². The molecule has 1 aliphatic carbocycles. The Kier molecular flexibility index (Phi) is 4.18. The third-order valence-electron chi connectivity index (χ3n) is 4.66. The highest BCUT2D eigenvalue weighted by molar-refractivity contribution is 5.97. The number of nitrogens with zero attached hydrogens (tertiary/aromatic N) is 2. The molecule has 110 valence electrons. The lowest BCUT2D eigenvalue weighted by molar-refractivity contribution is 0.0820. The summed E-state index contributed by atoms with van der Waals surface area (Å²) in [5, 5.41) is 4.35. The average molecular weight is 282 g/mol. The Balaban J connectivity index is 1.81. The number of Topliss-reactive ketones (excluding diaryl/α,β-unsaturated/α-hetero) is 1. The molecule has 2 aromatic rings. The zero-order valence-electron chi connectivity index (χ0n) is 12.5. The Morgan fingerprint density at radius 1 is 1.24 bits per heavy atom. The van der Waals surface area contributed by atoms with E-state index >= 15 is 0 Å². The van der Waals surface area contributed by atoms with Crippen molar-refractivity contribution in [2.24, 2.45) is 11.8 Å². The van der Waals surface area contributed by atoms with E-state index in [1.165, 1.54) is 19.3 Å². The summed E-state index contributed by atoms with van der Waals surface area (Å²) in [7, 11) is 0. The molecule has 1 saturated carbocycles. The van der Waals surface area contributed by atoms with E-state index in [-0.39, 0.29) is 11.7 Å². The van der Waals surface area contributed by atoms with Crippen molar-refractivity contribution in [3.8, 4) is 5.69 Å². The predicted octanol–water partition coefficient (Wildman–Crippen LogP) is 4.27. The van der Waals surface area contributed by atoms with Crippen molar-refractivity contribution >= 4 is 5.78 Å². The Morgan fingerprint density at radius 3 is 2.76 bits per heavy atom. The smallest absolute Gasteiger partial charge is 0.169 e. The minimum Gasteiger partial charge on any atom is -0.294 e. The molecule has 0 aliphatic heterocycles. The molecule has 1 heterocycles. The van der Waals surface area contributed by atoms with Crippen LogP contribution in [0.5, 0.6) is 0 Å². The number of benzene rings is 1. The van der Waals surface area contributed by atoms with Crippen molar-refractivity contribution in [3.63, 3.8) is 0 Å². The second-order valence-corrected chi connectivity index (χ2v) is 5.93. The fourth-order valence-electron chi connectivity index (χ4n) is 3.43. The topological polar surface area (TPSA) is 34.9 Å². The predicted molar refractivity (Wildman–Crippen MR) is 83.6 cm³/mol. The fraction of sp³-hybridized carbons (Fsp3) is 0.444. The summed E-state index contributed by atoms with van der Waals surface area (Å²) >= 11 is 0.